The van der Waals surface area contributed by atoms with Crippen LogP contribution in [0.1, 0.15) is 41.0 Å². The molecule has 0 rings (SSSR count). The van der Waals surface area contributed by atoms with E-state index < -0.39 is 0 Å². The summed E-state index contributed by atoms with van der Waals surface area (Å²) in [4.78, 5) is 11.8. The summed E-state index contributed by atoms with van der Waals surface area (Å²) in [5.41, 5.74) is -0.200. The van der Waals surface area contributed by atoms with Gasteiger partial charge in [-0.15, -0.1) is 0 Å². The Kier molecular flexibility index (Phi) is 4.45. The largest absolute Gasteiger partial charge is 0.359 e. The molecule has 0 spiro atoms. The fourth-order valence-electron chi connectivity index (χ4n) is 2.40. The van der Waals surface area contributed by atoms with Crippen molar-refractivity contribution < 1.29 is 4.79 Å². The summed E-state index contributed by atoms with van der Waals surface area (Å²) in [5.74, 6) is 0.954. The number of hydrogen-bond acceptors (Lipinski definition) is 1. The number of nitrogens with one attached hydrogen (secondary N) is 1. The van der Waals surface area contributed by atoms with Crippen LogP contribution >= 0.6 is 0 Å². The van der Waals surface area contributed by atoms with Gasteiger partial charge in [-0.25, -0.2) is 0 Å². The molecule has 0 unspecified atom stereocenters. The average Bonchev–Trinajstić information content (AvgIpc) is 2.04. The van der Waals surface area contributed by atoms with E-state index in [1.807, 2.05) is 0 Å². The fraction of sp³-hybridized carbons (Fsp3) is 0.909. The van der Waals surface area contributed by atoms with Gasteiger partial charge in [0.05, 0.1) is 5.41 Å². The number of carbonyl (C=O) groups is 1. The first-order chi connectivity index (χ1) is 5.93. The molecule has 0 heterocycles. The molecular weight excluding hydrogens is 162 g/mol. The normalized spacial score (nSPS) is 12.3. The van der Waals surface area contributed by atoms with Gasteiger partial charge in [0.1, 0.15) is 0 Å². The van der Waals surface area contributed by atoms with Gasteiger partial charge >= 0.3 is 0 Å². The molecule has 2 nitrogen and oxygen atoms in total. The second-order valence-corrected chi connectivity index (χ2v) is 4.28. The lowest BCUT2D eigenvalue weighted by atomic mass is 9.66. The van der Waals surface area contributed by atoms with Crippen LogP contribution in [-0.2, 0) is 4.79 Å². The third-order valence-electron chi connectivity index (χ3n) is 3.30. The van der Waals surface area contributed by atoms with Crippen LogP contribution in [0.2, 0.25) is 0 Å². The second-order valence-electron chi connectivity index (χ2n) is 4.28. The minimum absolute atomic E-state index is 0.181. The summed E-state index contributed by atoms with van der Waals surface area (Å²) in [7, 11) is 1.72. The van der Waals surface area contributed by atoms with Crippen LogP contribution in [-0.4, -0.2) is 13.0 Å². The molecule has 0 fully saturated rings. The standard InChI is InChI=1S/C11H23NO/c1-7-11(8(2)3,9(4)5)10(13)12-6/h8-9H,7H2,1-6H3,(H,12,13). The molecule has 0 bridgehead atoms. The van der Waals surface area contributed by atoms with Gasteiger partial charge in [0, 0.05) is 7.05 Å². The summed E-state index contributed by atoms with van der Waals surface area (Å²) in [6, 6.07) is 0. The molecular formula is C11H23NO. The molecule has 1 amide bonds. The van der Waals surface area contributed by atoms with Crippen LogP contribution in [0.4, 0.5) is 0 Å². The highest BCUT2D eigenvalue weighted by molar-refractivity contribution is 5.82. The number of carbonyl (C=O) groups excluding carboxylic acids is 1. The summed E-state index contributed by atoms with van der Waals surface area (Å²) < 4.78 is 0. The first-order valence-electron chi connectivity index (χ1n) is 5.15. The highest BCUT2D eigenvalue weighted by Crippen LogP contribution is 2.39. The Bertz CT molecular complexity index is 165. The van der Waals surface area contributed by atoms with Crippen LogP contribution in [0.3, 0.4) is 0 Å². The SMILES string of the molecule is CCC(C(=O)NC)(C(C)C)C(C)C. The molecule has 0 aliphatic rings. The molecule has 0 aromatic carbocycles. The van der Waals surface area contributed by atoms with E-state index in [1.54, 1.807) is 7.05 Å². The summed E-state index contributed by atoms with van der Waals surface area (Å²) in [6.07, 6.45) is 0.905. The Hall–Kier alpha value is -0.530. The molecule has 0 saturated carbocycles. The first-order valence-corrected chi connectivity index (χ1v) is 5.15. The van der Waals surface area contributed by atoms with Crippen LogP contribution in [0, 0.1) is 17.3 Å². The Morgan fingerprint density at radius 2 is 1.62 bits per heavy atom. The lowest BCUT2D eigenvalue weighted by molar-refractivity contribution is -0.136. The lowest BCUT2D eigenvalue weighted by Gasteiger charge is -2.38. The van der Waals surface area contributed by atoms with Gasteiger partial charge < -0.3 is 5.32 Å². The smallest absolute Gasteiger partial charge is 0.226 e. The van der Waals surface area contributed by atoms with E-state index in [0.717, 1.165) is 6.42 Å². The lowest BCUT2D eigenvalue weighted by Crippen LogP contribution is -2.46. The molecule has 0 radical (unpaired) electrons. The third-order valence-corrected chi connectivity index (χ3v) is 3.30. The van der Waals surface area contributed by atoms with Crippen LogP contribution in [0.15, 0.2) is 0 Å². The van der Waals surface area contributed by atoms with Crippen molar-refractivity contribution in [2.45, 2.75) is 41.0 Å². The quantitative estimate of drug-likeness (QED) is 0.716. The zero-order valence-corrected chi connectivity index (χ0v) is 9.77. The van der Waals surface area contributed by atoms with E-state index in [1.165, 1.54) is 0 Å². The first kappa shape index (κ1) is 12.5. The molecule has 2 heteroatoms. The predicted octanol–water partition coefficient (Wildman–Crippen LogP) is 2.44. The third kappa shape index (κ3) is 2.04. The van der Waals surface area contributed by atoms with Crippen molar-refractivity contribution in [2.24, 2.45) is 17.3 Å². The molecule has 0 aromatic heterocycles. The number of hydrogen-bond donors (Lipinski definition) is 1. The molecule has 0 aliphatic heterocycles. The maximum atomic E-state index is 11.8. The van der Waals surface area contributed by atoms with Crippen LogP contribution in [0.25, 0.3) is 0 Å². The van der Waals surface area contributed by atoms with Crippen molar-refractivity contribution in [3.05, 3.63) is 0 Å². The van der Waals surface area contributed by atoms with Crippen molar-refractivity contribution in [3.63, 3.8) is 0 Å². The van der Waals surface area contributed by atoms with Crippen molar-refractivity contribution in [1.29, 1.82) is 0 Å². The second kappa shape index (κ2) is 4.64. The Labute approximate surface area is 82.1 Å². The van der Waals surface area contributed by atoms with Gasteiger partial charge in [0.2, 0.25) is 5.91 Å². The summed E-state index contributed by atoms with van der Waals surface area (Å²) >= 11 is 0. The van der Waals surface area contributed by atoms with Crippen molar-refractivity contribution in [2.75, 3.05) is 7.05 Å². The van der Waals surface area contributed by atoms with Crippen molar-refractivity contribution in [1.82, 2.24) is 5.32 Å². The molecule has 0 aromatic rings. The number of amides is 1. The predicted molar refractivity (Wildman–Crippen MR) is 56.5 cm³/mol. The zero-order chi connectivity index (χ0) is 10.6. The van der Waals surface area contributed by atoms with Crippen LogP contribution < -0.4 is 5.32 Å². The van der Waals surface area contributed by atoms with E-state index in [9.17, 15) is 4.79 Å². The van der Waals surface area contributed by atoms with E-state index in [-0.39, 0.29) is 11.3 Å². The molecule has 13 heavy (non-hydrogen) atoms. The fourth-order valence-corrected chi connectivity index (χ4v) is 2.40. The van der Waals surface area contributed by atoms with Gasteiger partial charge in [0.15, 0.2) is 0 Å². The van der Waals surface area contributed by atoms with Crippen molar-refractivity contribution in [3.8, 4) is 0 Å². The molecule has 0 atom stereocenters. The maximum Gasteiger partial charge on any atom is 0.226 e. The highest BCUT2D eigenvalue weighted by atomic mass is 16.2. The monoisotopic (exact) mass is 185 g/mol. The van der Waals surface area contributed by atoms with Gasteiger partial charge in [-0.05, 0) is 18.3 Å². The summed E-state index contributed by atoms with van der Waals surface area (Å²) in [5, 5.41) is 2.78. The molecule has 0 saturated heterocycles. The minimum atomic E-state index is -0.200. The Balaban J connectivity index is 4.98. The van der Waals surface area contributed by atoms with Crippen LogP contribution in [0.5, 0.6) is 0 Å². The number of rotatable bonds is 4. The molecule has 1 N–H and O–H groups in total. The minimum Gasteiger partial charge on any atom is -0.359 e. The topological polar surface area (TPSA) is 29.1 Å². The van der Waals surface area contributed by atoms with E-state index in [2.05, 4.69) is 39.9 Å². The Morgan fingerprint density at radius 1 is 1.23 bits per heavy atom. The van der Waals surface area contributed by atoms with Gasteiger partial charge in [0.25, 0.3) is 0 Å². The maximum absolute atomic E-state index is 11.8. The van der Waals surface area contributed by atoms with Gasteiger partial charge in [-0.2, -0.15) is 0 Å². The zero-order valence-electron chi connectivity index (χ0n) is 9.77. The summed E-state index contributed by atoms with van der Waals surface area (Å²) in [6.45, 7) is 10.6. The molecule has 0 aliphatic carbocycles. The van der Waals surface area contributed by atoms with Crippen molar-refractivity contribution >= 4 is 5.91 Å². The van der Waals surface area contributed by atoms with Gasteiger partial charge in [-0.3, -0.25) is 4.79 Å². The Morgan fingerprint density at radius 3 is 1.69 bits per heavy atom. The van der Waals surface area contributed by atoms with E-state index >= 15 is 0 Å². The van der Waals surface area contributed by atoms with Gasteiger partial charge in [-0.1, -0.05) is 34.6 Å². The van der Waals surface area contributed by atoms with E-state index in [4.69, 9.17) is 0 Å². The molecule has 78 valence electrons. The van der Waals surface area contributed by atoms with E-state index in [0.29, 0.717) is 11.8 Å². The highest BCUT2D eigenvalue weighted by Gasteiger charge is 2.41. The average molecular weight is 185 g/mol.